The van der Waals surface area contributed by atoms with Crippen LogP contribution in [0.25, 0.3) is 11.1 Å². The molecule has 1 amide bonds. The summed E-state index contributed by atoms with van der Waals surface area (Å²) < 4.78 is 20.9. The lowest BCUT2D eigenvalue weighted by Crippen LogP contribution is -2.22. The van der Waals surface area contributed by atoms with Crippen LogP contribution in [0, 0.1) is 0 Å². The van der Waals surface area contributed by atoms with Gasteiger partial charge in [-0.15, -0.1) is 0 Å². The highest BCUT2D eigenvalue weighted by Crippen LogP contribution is 2.45. The Bertz CT molecular complexity index is 1150. The second-order valence-corrected chi connectivity index (χ2v) is 10.2. The highest BCUT2D eigenvalue weighted by Gasteiger charge is 2.31. The molecule has 1 aliphatic rings. The van der Waals surface area contributed by atoms with Crippen molar-refractivity contribution in [3.05, 3.63) is 58.7 Å². The summed E-state index contributed by atoms with van der Waals surface area (Å²) in [6.07, 6.45) is 2.98. The smallest absolute Gasteiger partial charge is 0.406 e. The summed E-state index contributed by atoms with van der Waals surface area (Å²) >= 11 is 0. The number of aliphatic hydroxyl groups excluding tert-OH is 1. The number of Topliss-reactive ketones (excluding diaryl/α,β-unsaturated/α-hetero) is 2. The molecule has 0 bridgehead atoms. The van der Waals surface area contributed by atoms with E-state index in [1.165, 1.54) is 14.0 Å². The van der Waals surface area contributed by atoms with Gasteiger partial charge >= 0.3 is 6.09 Å². The van der Waals surface area contributed by atoms with Crippen molar-refractivity contribution in [2.75, 3.05) is 74.0 Å². The number of carbonyl (C=O) groups is 3. The Morgan fingerprint density at radius 1 is 0.814 bits per heavy atom. The fourth-order valence-electron chi connectivity index (χ4n) is 4.64. The number of aliphatic hydroxyl groups is 1. The molecule has 1 unspecified atom stereocenters. The van der Waals surface area contributed by atoms with Crippen LogP contribution in [0.15, 0.2) is 36.4 Å². The van der Waals surface area contributed by atoms with Gasteiger partial charge in [0.05, 0.1) is 6.61 Å². The minimum Gasteiger partial charge on any atom is -0.449 e. The lowest BCUT2D eigenvalue weighted by Gasteiger charge is -2.15. The van der Waals surface area contributed by atoms with Gasteiger partial charge in [-0.2, -0.15) is 0 Å². The maximum Gasteiger partial charge on any atom is 0.406 e. The quantitative estimate of drug-likeness (QED) is 0.159. The standard InChI is InChI=1S/C26H31NO6.C7H17NO2/c1-17(29)18-7-9-20-21-10-8-19(25(30)6-5-13-32-12-4-3-11-28)15-23(21)24(22(20)14-18)16-33-26(31)27-2;1-8-4-7-10-6-3-5-9-2/h7-10,14-15,24,28H,3-6,11-13,16H2,1-2H3,(H,27,31);8H,3-7H2,1-2H3. The first-order chi connectivity index (χ1) is 20.9. The van der Waals surface area contributed by atoms with Crippen molar-refractivity contribution >= 4 is 17.7 Å². The monoisotopic (exact) mass is 600 g/mol. The van der Waals surface area contributed by atoms with Crippen molar-refractivity contribution in [2.45, 2.75) is 44.9 Å². The molecule has 0 radical (unpaired) electrons. The minimum atomic E-state index is -0.529. The molecule has 0 saturated heterocycles. The van der Waals surface area contributed by atoms with E-state index in [2.05, 4.69) is 10.6 Å². The number of methoxy groups -OCH3 is 1. The molecule has 0 heterocycles. The molecule has 0 aromatic heterocycles. The fourth-order valence-corrected chi connectivity index (χ4v) is 4.64. The molecule has 0 spiro atoms. The molecule has 0 saturated carbocycles. The minimum absolute atomic E-state index is 0.0307. The van der Waals surface area contributed by atoms with Gasteiger partial charge in [0.2, 0.25) is 0 Å². The van der Waals surface area contributed by atoms with Gasteiger partial charge in [-0.25, -0.2) is 4.79 Å². The zero-order valence-corrected chi connectivity index (χ0v) is 26.0. The van der Waals surface area contributed by atoms with Gasteiger partial charge in [-0.1, -0.05) is 24.3 Å². The molecule has 0 aliphatic heterocycles. The maximum atomic E-state index is 12.8. The van der Waals surface area contributed by atoms with Gasteiger partial charge < -0.3 is 34.7 Å². The number of hydrogen-bond acceptors (Lipinski definition) is 9. The van der Waals surface area contributed by atoms with Crippen LogP contribution in [-0.4, -0.2) is 96.8 Å². The van der Waals surface area contributed by atoms with E-state index in [9.17, 15) is 14.4 Å². The maximum absolute atomic E-state index is 12.8. The van der Waals surface area contributed by atoms with Crippen molar-refractivity contribution in [1.82, 2.24) is 10.6 Å². The third-order valence-electron chi connectivity index (χ3n) is 6.98. The summed E-state index contributed by atoms with van der Waals surface area (Å²) in [4.78, 5) is 36.4. The largest absolute Gasteiger partial charge is 0.449 e. The summed E-state index contributed by atoms with van der Waals surface area (Å²) in [6.45, 7) is 6.19. The van der Waals surface area contributed by atoms with Crippen LogP contribution in [0.3, 0.4) is 0 Å². The first kappa shape index (κ1) is 36.0. The normalized spacial score (nSPS) is 13.0. The van der Waals surface area contributed by atoms with Crippen LogP contribution in [0.5, 0.6) is 0 Å². The highest BCUT2D eigenvalue weighted by atomic mass is 16.5. The van der Waals surface area contributed by atoms with Gasteiger partial charge in [-0.3, -0.25) is 9.59 Å². The summed E-state index contributed by atoms with van der Waals surface area (Å²) in [5.74, 6) is -0.258. The third-order valence-corrected chi connectivity index (χ3v) is 6.98. The molecule has 3 N–H and O–H groups in total. The molecular formula is C33H48N2O8. The van der Waals surface area contributed by atoms with Crippen molar-refractivity contribution in [3.63, 3.8) is 0 Å². The first-order valence-electron chi connectivity index (χ1n) is 14.9. The van der Waals surface area contributed by atoms with Crippen LogP contribution in [0.2, 0.25) is 0 Å². The van der Waals surface area contributed by atoms with E-state index in [-0.39, 0.29) is 30.7 Å². The Morgan fingerprint density at radius 3 is 2.07 bits per heavy atom. The van der Waals surface area contributed by atoms with E-state index >= 15 is 0 Å². The molecule has 1 aliphatic carbocycles. The van der Waals surface area contributed by atoms with Crippen LogP contribution >= 0.6 is 0 Å². The number of rotatable bonds is 19. The van der Waals surface area contributed by atoms with Gasteiger partial charge in [0.1, 0.15) is 6.61 Å². The number of benzene rings is 2. The Hall–Kier alpha value is -3.15. The molecule has 10 heteroatoms. The predicted molar refractivity (Wildman–Crippen MR) is 166 cm³/mol. The molecule has 2 aromatic rings. The lowest BCUT2D eigenvalue weighted by molar-refractivity contribution is 0.0929. The molecule has 1 atom stereocenters. The number of unbranched alkanes of at least 4 members (excludes halogenated alkanes) is 1. The number of ketones is 2. The Kier molecular flexibility index (Phi) is 17.4. The third kappa shape index (κ3) is 12.2. The number of amides is 1. The average molecular weight is 601 g/mol. The first-order valence-corrected chi connectivity index (χ1v) is 14.9. The fraction of sp³-hybridized carbons (Fsp3) is 0.545. The number of likely N-dealkylation sites (N-methyl/N-ethyl adjacent to an activating group) is 1. The van der Waals surface area contributed by atoms with Crippen LogP contribution in [0.1, 0.15) is 76.8 Å². The van der Waals surface area contributed by atoms with Gasteiger partial charge in [0.25, 0.3) is 0 Å². The van der Waals surface area contributed by atoms with E-state index in [4.69, 9.17) is 24.1 Å². The van der Waals surface area contributed by atoms with E-state index in [1.807, 2.05) is 37.4 Å². The Labute approximate surface area is 255 Å². The zero-order valence-electron chi connectivity index (χ0n) is 26.0. The van der Waals surface area contributed by atoms with Crippen LogP contribution < -0.4 is 10.6 Å². The van der Waals surface area contributed by atoms with Gasteiger partial charge in [0, 0.05) is 77.2 Å². The predicted octanol–water partition coefficient (Wildman–Crippen LogP) is 4.37. The lowest BCUT2D eigenvalue weighted by atomic mass is 9.94. The second-order valence-electron chi connectivity index (χ2n) is 10.2. The molecule has 2 aromatic carbocycles. The van der Waals surface area contributed by atoms with Crippen LogP contribution in [-0.2, 0) is 18.9 Å². The van der Waals surface area contributed by atoms with E-state index in [1.54, 1.807) is 13.2 Å². The highest BCUT2D eigenvalue weighted by molar-refractivity contribution is 5.98. The molecule has 43 heavy (non-hydrogen) atoms. The number of nitrogens with one attached hydrogen (secondary N) is 2. The Morgan fingerprint density at radius 2 is 1.44 bits per heavy atom. The van der Waals surface area contributed by atoms with Crippen molar-refractivity contribution < 1.29 is 38.4 Å². The SMILES string of the molecule is CNC(=O)OCC1c2cc(C(C)=O)ccc2-c2ccc(C(=O)CCCOCCCCO)cc21.CNCCOCCCOC. The zero-order chi connectivity index (χ0) is 31.5. The number of ether oxygens (including phenoxy) is 4. The molecule has 3 rings (SSSR count). The topological polar surface area (TPSA) is 132 Å². The summed E-state index contributed by atoms with van der Waals surface area (Å²) in [7, 11) is 5.12. The molecule has 0 fully saturated rings. The van der Waals surface area contributed by atoms with E-state index in [0.717, 1.165) is 67.9 Å². The number of carbonyl (C=O) groups excluding carboxylic acids is 3. The summed E-state index contributed by atoms with van der Waals surface area (Å²) in [5, 5.41) is 14.2. The van der Waals surface area contributed by atoms with Crippen LogP contribution in [0.4, 0.5) is 4.79 Å². The summed E-state index contributed by atoms with van der Waals surface area (Å²) in [6, 6.07) is 11.2. The molecule has 10 nitrogen and oxygen atoms in total. The van der Waals surface area contributed by atoms with Gasteiger partial charge in [0.15, 0.2) is 11.6 Å². The number of hydrogen-bond donors (Lipinski definition) is 3. The second kappa shape index (κ2) is 20.7. The van der Waals surface area contributed by atoms with Crippen molar-refractivity contribution in [1.29, 1.82) is 0 Å². The number of alkyl carbamates (subject to hydrolysis) is 1. The Balaban J connectivity index is 0.000000553. The van der Waals surface area contributed by atoms with Crippen molar-refractivity contribution in [2.24, 2.45) is 0 Å². The van der Waals surface area contributed by atoms with E-state index < -0.39 is 6.09 Å². The molecular weight excluding hydrogens is 552 g/mol. The summed E-state index contributed by atoms with van der Waals surface area (Å²) in [5.41, 5.74) is 5.01. The van der Waals surface area contributed by atoms with Crippen molar-refractivity contribution in [3.8, 4) is 11.1 Å². The van der Waals surface area contributed by atoms with E-state index in [0.29, 0.717) is 37.2 Å². The van der Waals surface area contributed by atoms with Gasteiger partial charge in [-0.05, 0) is 74.0 Å². The number of fused-ring (bicyclic) bond motifs is 3. The molecule has 238 valence electrons. The average Bonchev–Trinajstić information content (AvgIpc) is 3.33.